The molecule has 0 amide bonds. The average Bonchev–Trinajstić information content (AvgIpc) is 1.54. The van der Waals surface area contributed by atoms with Gasteiger partial charge in [0, 0.05) is 45.3 Å². The third-order valence-corrected chi connectivity index (χ3v) is 21.9. The molecule has 3 saturated heterocycles. The molecule has 27 heteroatoms. The van der Waals surface area contributed by atoms with Crippen LogP contribution in [0.3, 0.4) is 0 Å². The molecule has 112 heavy (non-hydrogen) atoms. The lowest BCUT2D eigenvalue weighted by Crippen LogP contribution is -2.41. The molecule has 0 radical (unpaired) electrons. The molecule has 0 aliphatic carbocycles. The minimum absolute atomic E-state index is 0. The Morgan fingerprint density at radius 3 is 1.09 bits per heavy atom. The normalized spacial score (nSPS) is 15.0. The van der Waals surface area contributed by atoms with Crippen molar-refractivity contribution >= 4 is 150 Å². The Bertz CT molecular complexity index is 4240. The number of nitrogens with zero attached hydrogens (tertiary/aromatic N) is 7. The summed E-state index contributed by atoms with van der Waals surface area (Å²) < 4.78 is 52.7. The van der Waals surface area contributed by atoms with Gasteiger partial charge < -0.3 is 42.1 Å². The van der Waals surface area contributed by atoms with Crippen molar-refractivity contribution in [3.63, 3.8) is 0 Å². The maximum atomic E-state index is 11.8. The number of benzene rings is 4. The Morgan fingerprint density at radius 2 is 0.750 bits per heavy atom. The Balaban J connectivity index is 0.000000480. The standard InChI is InChI=1S/C26H23N3O2S.C17H13IN2S.C15H22BNO4.C12H24B2O4.C9H10BrNO2.CH3I.5CH4/c1-3-31-23(30)17-22-16-21(14-15-27-22)25-18(2)28-26(32-25)29-24(19-10-6-4-7-11-19)20-12-8-5-9-13-20;1-12-16(18)21-17(19-12)20-15(13-8-4-2-5-9-13)14-10-6-3-7-11-14;1-6-19-13(18)10-12-9-11(7-8-17-12)16-20-14(2,3)15(4,5)21-16;1-9(2)10(3,4)16-13(15-9)14-17-11(5,6)12(7,8)18-14;1-2-13-9(12)6-8-5-7(10)3-4-11-8;1-2;;;;;/h4-16H,3,17H2,1-2H3;2-11H,1H3;7-9H,6,10H2,1-5H3;1-8H3;3-5H,2,6H2,1H3;1H3;5*1H4. The van der Waals surface area contributed by atoms with E-state index < -0.39 is 21.1 Å². The summed E-state index contributed by atoms with van der Waals surface area (Å²) in [5, 5.41) is 1.49. The van der Waals surface area contributed by atoms with Crippen LogP contribution in [0.1, 0.15) is 192 Å². The van der Waals surface area contributed by atoms with Crippen LogP contribution in [-0.2, 0) is 75.8 Å². The number of alkyl halides is 1. The van der Waals surface area contributed by atoms with Crippen molar-refractivity contribution in [3.8, 4) is 10.4 Å². The fourth-order valence-electron chi connectivity index (χ4n) is 10.3. The summed E-state index contributed by atoms with van der Waals surface area (Å²) >= 11 is 10.9. The molecule has 0 N–H and O–H groups in total. The van der Waals surface area contributed by atoms with Gasteiger partial charge in [0.15, 0.2) is 0 Å². The summed E-state index contributed by atoms with van der Waals surface area (Å²) in [4.78, 5) is 68.9. The van der Waals surface area contributed by atoms with Crippen LogP contribution in [0.15, 0.2) is 191 Å². The van der Waals surface area contributed by atoms with Crippen molar-refractivity contribution in [1.29, 1.82) is 0 Å². The SMILES string of the molecule is C.C.C.C.C.CC1(C)OB(B2OC(C)(C)C(C)(C)O2)OC1(C)C.CCOC(=O)Cc1cc(-c2sc(N=C(c3ccccc3)c3ccccc3)nc2C)ccn1.CCOC(=O)Cc1cc(B2OC(C)(C)C(C)(C)O2)ccn1.CCOC(=O)Cc1cc(Br)ccn1.CI.Cc1nc(N=C(c2ccccc2)c2ccccc2)sc1I. The monoisotopic (exact) mass is 1860 g/mol. The highest BCUT2D eigenvalue weighted by atomic mass is 127. The minimum Gasteiger partial charge on any atom is -0.466 e. The number of aromatic nitrogens is 5. The highest BCUT2D eigenvalue weighted by molar-refractivity contribution is 14.1. The van der Waals surface area contributed by atoms with Gasteiger partial charge in [0.2, 0.25) is 10.3 Å². The number of esters is 3. The molecule has 0 spiro atoms. The van der Waals surface area contributed by atoms with Crippen LogP contribution in [0.5, 0.6) is 0 Å². The summed E-state index contributed by atoms with van der Waals surface area (Å²) in [5.74, 6) is -0.803. The first kappa shape index (κ1) is 101. The number of carbonyl (C=O) groups is 3. The van der Waals surface area contributed by atoms with Gasteiger partial charge in [0.1, 0.15) is 0 Å². The van der Waals surface area contributed by atoms with Gasteiger partial charge in [-0.1, -0.05) is 220 Å². The summed E-state index contributed by atoms with van der Waals surface area (Å²) in [6.07, 6.45) is 5.56. The first-order valence-electron chi connectivity index (χ1n) is 35.1. The van der Waals surface area contributed by atoms with E-state index in [-0.39, 0.29) is 108 Å². The van der Waals surface area contributed by atoms with E-state index in [1.807, 2.05) is 205 Å². The summed E-state index contributed by atoms with van der Waals surface area (Å²) in [6, 6.07) is 51.9. The molecule has 0 saturated carbocycles. The van der Waals surface area contributed by atoms with Crippen molar-refractivity contribution in [2.75, 3.05) is 24.8 Å². The Morgan fingerprint density at radius 1 is 0.438 bits per heavy atom. The van der Waals surface area contributed by atoms with E-state index in [0.29, 0.717) is 42.0 Å². The number of aryl methyl sites for hydroxylation is 2. The molecular weight excluding hydrogens is 1740 g/mol. The van der Waals surface area contributed by atoms with Crippen LogP contribution in [0.4, 0.5) is 10.3 Å². The molecule has 5 aromatic heterocycles. The second-order valence-electron chi connectivity index (χ2n) is 27.5. The molecule has 604 valence electrons. The van der Waals surface area contributed by atoms with Crippen LogP contribution < -0.4 is 5.46 Å². The number of pyridine rings is 3. The zero-order valence-electron chi connectivity index (χ0n) is 64.2. The number of rotatable bonds is 18. The van der Waals surface area contributed by atoms with Gasteiger partial charge in [-0.15, -0.1) is 0 Å². The Hall–Kier alpha value is -6.77. The lowest BCUT2D eigenvalue weighted by Gasteiger charge is -2.32. The van der Waals surface area contributed by atoms with Crippen LogP contribution >= 0.6 is 83.8 Å². The lowest BCUT2D eigenvalue weighted by molar-refractivity contribution is -0.143. The van der Waals surface area contributed by atoms with Gasteiger partial charge in [0.25, 0.3) is 0 Å². The van der Waals surface area contributed by atoms with Gasteiger partial charge in [-0.25, -0.2) is 20.0 Å². The molecule has 8 heterocycles. The first-order chi connectivity index (χ1) is 50.7. The van der Waals surface area contributed by atoms with E-state index in [9.17, 15) is 14.4 Å². The predicted molar refractivity (Wildman–Crippen MR) is 485 cm³/mol. The molecule has 0 atom stereocenters. The number of hydrogen-bond acceptors (Lipinski definition) is 21. The van der Waals surface area contributed by atoms with Crippen LogP contribution in [0, 0.1) is 16.7 Å². The van der Waals surface area contributed by atoms with E-state index in [1.54, 1.807) is 56.8 Å². The second-order valence-corrected chi connectivity index (χ2v) is 32.2. The molecule has 3 aliphatic heterocycles. The second kappa shape index (κ2) is 46.7. The third kappa shape index (κ3) is 28.9. The van der Waals surface area contributed by atoms with Crippen LogP contribution in [0.25, 0.3) is 10.4 Å². The number of carbonyl (C=O) groups excluding carboxylic acids is 3. The van der Waals surface area contributed by atoms with Gasteiger partial charge >= 0.3 is 39.0 Å². The Kier molecular flexibility index (Phi) is 42.2. The van der Waals surface area contributed by atoms with Crippen molar-refractivity contribution in [2.45, 2.75) is 208 Å². The van der Waals surface area contributed by atoms with Crippen molar-refractivity contribution in [2.24, 2.45) is 9.98 Å². The van der Waals surface area contributed by atoms with Crippen molar-refractivity contribution in [3.05, 3.63) is 234 Å². The quantitative estimate of drug-likeness (QED) is 0.0194. The third-order valence-electron chi connectivity index (χ3n) is 18.0. The Labute approximate surface area is 712 Å². The van der Waals surface area contributed by atoms with Crippen molar-refractivity contribution < 1.29 is 56.5 Å². The zero-order valence-corrected chi connectivity index (χ0v) is 71.7. The lowest BCUT2D eigenvalue weighted by atomic mass is 9.49. The van der Waals surface area contributed by atoms with E-state index in [1.165, 1.54) is 14.2 Å². The van der Waals surface area contributed by atoms with Gasteiger partial charge in [-0.2, -0.15) is 0 Å². The number of halogens is 3. The number of thiazole rings is 2. The molecule has 3 fully saturated rings. The fraction of sp³-hybridized carbons (Fsp3) is 0.412. The van der Waals surface area contributed by atoms with E-state index in [0.717, 1.165) is 70.6 Å². The molecule has 9 aromatic rings. The highest BCUT2D eigenvalue weighted by Crippen LogP contribution is 2.44. The number of ether oxygens (including phenoxy) is 3. The van der Waals surface area contributed by atoms with Gasteiger partial charge in [0.05, 0.1) is 120 Å². The zero-order chi connectivity index (χ0) is 78.3. The fourth-order valence-corrected chi connectivity index (χ4v) is 13.0. The summed E-state index contributed by atoms with van der Waals surface area (Å²) in [7, 11) is -1.40. The summed E-state index contributed by atoms with van der Waals surface area (Å²) in [5.41, 5.74) is 9.71. The molecule has 0 unspecified atom stereocenters. The number of aliphatic imine (C=N–C) groups is 2. The maximum Gasteiger partial charge on any atom is 0.494 e. The van der Waals surface area contributed by atoms with Gasteiger partial charge in [-0.05, 0) is 193 Å². The largest absolute Gasteiger partial charge is 0.494 e. The maximum absolute atomic E-state index is 11.8. The average molecular weight is 1860 g/mol. The van der Waals surface area contributed by atoms with Crippen LogP contribution in [0.2, 0.25) is 0 Å². The predicted octanol–water partition coefficient (Wildman–Crippen LogP) is 20.9. The highest BCUT2D eigenvalue weighted by Gasteiger charge is 2.64. The topological polar surface area (TPSA) is 223 Å². The molecule has 4 aromatic carbocycles. The van der Waals surface area contributed by atoms with Gasteiger partial charge in [-0.3, -0.25) is 29.3 Å². The molecule has 12 rings (SSSR count). The van der Waals surface area contributed by atoms with E-state index >= 15 is 0 Å². The molecular formula is C85H115B3BrI2N7O12S2. The van der Waals surface area contributed by atoms with E-state index in [2.05, 4.69) is 130 Å². The van der Waals surface area contributed by atoms with Crippen LogP contribution in [-0.4, -0.2) is 134 Å². The smallest absolute Gasteiger partial charge is 0.466 e. The first-order valence-corrected chi connectivity index (χ1v) is 40.8. The van der Waals surface area contributed by atoms with Crippen molar-refractivity contribution in [1.82, 2.24) is 24.9 Å². The molecule has 19 nitrogen and oxygen atoms in total. The minimum atomic E-state index is -0.476. The molecule has 0 bridgehead atoms. The molecule has 3 aliphatic rings. The number of hydrogen-bond donors (Lipinski definition) is 0. The van der Waals surface area contributed by atoms with E-state index in [4.69, 9.17) is 57.1 Å². The summed E-state index contributed by atoms with van der Waals surface area (Å²) in [6.45, 7) is 34.7.